The van der Waals surface area contributed by atoms with Gasteiger partial charge in [0.25, 0.3) is 5.91 Å². The Morgan fingerprint density at radius 3 is 2.60 bits per heavy atom. The van der Waals surface area contributed by atoms with Gasteiger partial charge in [-0.1, -0.05) is 29.8 Å². The van der Waals surface area contributed by atoms with E-state index >= 15 is 0 Å². The van der Waals surface area contributed by atoms with Crippen LogP contribution in [0.25, 0.3) is 0 Å². The summed E-state index contributed by atoms with van der Waals surface area (Å²) in [5.41, 5.74) is 4.29. The van der Waals surface area contributed by atoms with Gasteiger partial charge in [0.15, 0.2) is 0 Å². The summed E-state index contributed by atoms with van der Waals surface area (Å²) in [6.07, 6.45) is 0.486. The van der Waals surface area contributed by atoms with Crippen LogP contribution in [0.5, 0.6) is 0 Å². The quantitative estimate of drug-likeness (QED) is 0.568. The van der Waals surface area contributed by atoms with Gasteiger partial charge in [0, 0.05) is 0 Å². The molecule has 2 N–H and O–H groups in total. The molecule has 0 aromatic heterocycles. The highest BCUT2D eigenvalue weighted by atomic mass is 16.3. The first-order valence-corrected chi connectivity index (χ1v) is 4.67. The lowest BCUT2D eigenvalue weighted by molar-refractivity contribution is -0.128. The maximum absolute atomic E-state index is 10.9. The Morgan fingerprint density at radius 2 is 2.07 bits per heavy atom. The van der Waals surface area contributed by atoms with Gasteiger partial charge in [-0.25, -0.2) is 5.43 Å². The summed E-state index contributed by atoms with van der Waals surface area (Å²) in [6.45, 7) is 3.38. The first kappa shape index (κ1) is 11.4. The molecule has 4 nitrogen and oxygen atoms in total. The molecule has 0 unspecified atom stereocenters. The van der Waals surface area contributed by atoms with Crippen molar-refractivity contribution < 1.29 is 9.90 Å². The van der Waals surface area contributed by atoms with Gasteiger partial charge in [0.1, 0.15) is 6.10 Å². The van der Waals surface area contributed by atoms with Crippen LogP contribution in [0.3, 0.4) is 0 Å². The molecular formula is C11H14N2O2. The molecule has 0 bridgehead atoms. The van der Waals surface area contributed by atoms with Crippen LogP contribution in [0.1, 0.15) is 18.1 Å². The van der Waals surface area contributed by atoms with Gasteiger partial charge in [-0.15, -0.1) is 0 Å². The highest BCUT2D eigenvalue weighted by Gasteiger charge is 2.05. The van der Waals surface area contributed by atoms with E-state index in [0.717, 1.165) is 5.56 Å². The lowest BCUT2D eigenvalue weighted by Gasteiger charge is -2.00. The minimum Gasteiger partial charge on any atom is -0.383 e. The van der Waals surface area contributed by atoms with Crippen LogP contribution in [0, 0.1) is 6.92 Å². The summed E-state index contributed by atoms with van der Waals surface area (Å²) in [5, 5.41) is 12.6. The second-order valence-electron chi connectivity index (χ2n) is 3.32. The smallest absolute Gasteiger partial charge is 0.268 e. The average Bonchev–Trinajstić information content (AvgIpc) is 2.20. The topological polar surface area (TPSA) is 61.7 Å². The fourth-order valence-corrected chi connectivity index (χ4v) is 0.916. The van der Waals surface area contributed by atoms with Crippen molar-refractivity contribution >= 4 is 12.1 Å². The van der Waals surface area contributed by atoms with E-state index in [1.807, 2.05) is 31.2 Å². The molecule has 15 heavy (non-hydrogen) atoms. The van der Waals surface area contributed by atoms with Crippen molar-refractivity contribution in [3.05, 3.63) is 35.4 Å². The molecule has 0 fully saturated rings. The maximum Gasteiger partial charge on any atom is 0.268 e. The molecule has 0 saturated heterocycles. The molecule has 0 heterocycles. The summed E-state index contributed by atoms with van der Waals surface area (Å²) in [7, 11) is 0. The third-order valence-corrected chi connectivity index (χ3v) is 1.85. The van der Waals surface area contributed by atoms with E-state index in [0.29, 0.717) is 0 Å². The molecule has 0 aliphatic rings. The van der Waals surface area contributed by atoms with Crippen LogP contribution in [0.15, 0.2) is 29.4 Å². The van der Waals surface area contributed by atoms with E-state index in [4.69, 9.17) is 5.11 Å². The van der Waals surface area contributed by atoms with Crippen LogP contribution in [0.4, 0.5) is 0 Å². The fourth-order valence-electron chi connectivity index (χ4n) is 0.916. The van der Waals surface area contributed by atoms with Crippen molar-refractivity contribution in [2.24, 2.45) is 5.10 Å². The van der Waals surface area contributed by atoms with Crippen LogP contribution < -0.4 is 5.43 Å². The first-order valence-electron chi connectivity index (χ1n) is 4.67. The highest BCUT2D eigenvalue weighted by Crippen LogP contribution is 1.99. The largest absolute Gasteiger partial charge is 0.383 e. The lowest BCUT2D eigenvalue weighted by atomic mass is 10.2. The average molecular weight is 206 g/mol. The van der Waals surface area contributed by atoms with Crippen molar-refractivity contribution in [2.45, 2.75) is 20.0 Å². The number of nitrogens with one attached hydrogen (secondary N) is 1. The Balaban J connectivity index is 2.51. The third-order valence-electron chi connectivity index (χ3n) is 1.85. The molecule has 0 radical (unpaired) electrons. The number of rotatable bonds is 3. The van der Waals surface area contributed by atoms with Crippen molar-refractivity contribution in [2.75, 3.05) is 0 Å². The van der Waals surface area contributed by atoms with Gasteiger partial charge in [0.2, 0.25) is 0 Å². The maximum atomic E-state index is 10.9. The second-order valence-corrected chi connectivity index (χ2v) is 3.32. The number of nitrogens with zero attached hydrogens (tertiary/aromatic N) is 1. The summed E-state index contributed by atoms with van der Waals surface area (Å²) >= 11 is 0. The molecular weight excluding hydrogens is 192 g/mol. The Hall–Kier alpha value is -1.68. The molecule has 1 rings (SSSR count). The predicted molar refractivity (Wildman–Crippen MR) is 58.6 cm³/mol. The fraction of sp³-hybridized carbons (Fsp3) is 0.273. The van der Waals surface area contributed by atoms with Gasteiger partial charge in [-0.05, 0) is 19.4 Å². The minimum absolute atomic E-state index is 0.515. The van der Waals surface area contributed by atoms with Crippen LogP contribution >= 0.6 is 0 Å². The Morgan fingerprint density at radius 1 is 1.47 bits per heavy atom. The monoisotopic (exact) mass is 206 g/mol. The SMILES string of the molecule is Cc1ccc(/C=N\NC(=O)[C@H](C)O)cc1. The second kappa shape index (κ2) is 5.26. The summed E-state index contributed by atoms with van der Waals surface area (Å²) < 4.78 is 0. The zero-order valence-corrected chi connectivity index (χ0v) is 8.77. The normalized spacial score (nSPS) is 12.7. The Bertz CT molecular complexity index is 355. The van der Waals surface area contributed by atoms with Gasteiger partial charge in [0.05, 0.1) is 6.21 Å². The Kier molecular flexibility index (Phi) is 4.00. The van der Waals surface area contributed by atoms with Crippen molar-refractivity contribution in [1.82, 2.24) is 5.43 Å². The number of hydrogen-bond donors (Lipinski definition) is 2. The predicted octanol–water partition coefficient (Wildman–Crippen LogP) is 0.826. The molecule has 0 spiro atoms. The molecule has 0 aliphatic carbocycles. The van der Waals surface area contributed by atoms with E-state index in [-0.39, 0.29) is 0 Å². The van der Waals surface area contributed by atoms with E-state index in [2.05, 4.69) is 10.5 Å². The summed E-state index contributed by atoms with van der Waals surface area (Å²) in [6, 6.07) is 7.70. The number of hydrazone groups is 1. The van der Waals surface area contributed by atoms with Crippen LogP contribution in [-0.4, -0.2) is 23.3 Å². The van der Waals surface area contributed by atoms with Gasteiger partial charge >= 0.3 is 0 Å². The van der Waals surface area contributed by atoms with Crippen molar-refractivity contribution in [3.8, 4) is 0 Å². The van der Waals surface area contributed by atoms with Gasteiger partial charge < -0.3 is 5.11 Å². The molecule has 1 atom stereocenters. The van der Waals surface area contributed by atoms with E-state index in [1.54, 1.807) is 0 Å². The molecule has 80 valence electrons. The zero-order chi connectivity index (χ0) is 11.3. The van der Waals surface area contributed by atoms with E-state index in [1.165, 1.54) is 18.7 Å². The number of aryl methyl sites for hydroxylation is 1. The van der Waals surface area contributed by atoms with Crippen molar-refractivity contribution in [1.29, 1.82) is 0 Å². The molecule has 4 heteroatoms. The zero-order valence-electron chi connectivity index (χ0n) is 8.77. The summed E-state index contributed by atoms with van der Waals surface area (Å²) in [5.74, 6) is -0.515. The number of amides is 1. The van der Waals surface area contributed by atoms with Crippen LogP contribution in [0.2, 0.25) is 0 Å². The lowest BCUT2D eigenvalue weighted by Crippen LogP contribution is -2.28. The molecule has 0 saturated carbocycles. The van der Waals surface area contributed by atoms with Crippen LogP contribution in [-0.2, 0) is 4.79 Å². The molecule has 1 aromatic carbocycles. The Labute approximate surface area is 88.6 Å². The first-order chi connectivity index (χ1) is 7.09. The number of hydrogen-bond acceptors (Lipinski definition) is 3. The highest BCUT2D eigenvalue weighted by molar-refractivity contribution is 5.83. The van der Waals surface area contributed by atoms with E-state index in [9.17, 15) is 4.79 Å². The number of benzene rings is 1. The number of carbonyl (C=O) groups excluding carboxylic acids is 1. The number of carbonyl (C=O) groups is 1. The molecule has 1 amide bonds. The van der Waals surface area contributed by atoms with Crippen molar-refractivity contribution in [3.63, 3.8) is 0 Å². The molecule has 0 aliphatic heterocycles. The summed E-state index contributed by atoms with van der Waals surface area (Å²) in [4.78, 5) is 10.9. The standard InChI is InChI=1S/C11H14N2O2/c1-8-3-5-10(6-4-8)7-12-13-11(15)9(2)14/h3-7,9,14H,1-2H3,(H,13,15)/b12-7-/t9-/m0/s1. The van der Waals surface area contributed by atoms with Gasteiger partial charge in [-0.2, -0.15) is 5.10 Å². The number of aliphatic hydroxyl groups excluding tert-OH is 1. The van der Waals surface area contributed by atoms with Gasteiger partial charge in [-0.3, -0.25) is 4.79 Å². The number of aliphatic hydroxyl groups is 1. The molecule has 1 aromatic rings. The minimum atomic E-state index is -1.04. The third kappa shape index (κ3) is 3.91. The van der Waals surface area contributed by atoms with E-state index < -0.39 is 12.0 Å².